The van der Waals surface area contributed by atoms with Gasteiger partial charge in [-0.05, 0) is 31.0 Å². The summed E-state index contributed by atoms with van der Waals surface area (Å²) in [4.78, 5) is 36.3. The van der Waals surface area contributed by atoms with Crippen LogP contribution in [-0.2, 0) is 0 Å². The number of oxazole rings is 1. The van der Waals surface area contributed by atoms with Gasteiger partial charge in [0, 0.05) is 25.1 Å². The fraction of sp³-hybridized carbons (Fsp3) is 0.250. The molecule has 0 bridgehead atoms. The maximum atomic E-state index is 12.0. The van der Waals surface area contributed by atoms with Gasteiger partial charge in [-0.25, -0.2) is 9.97 Å². The Bertz CT molecular complexity index is 1250. The first kappa shape index (κ1) is 17.4. The Morgan fingerprint density at radius 2 is 1.97 bits per heavy atom. The zero-order valence-electron chi connectivity index (χ0n) is 15.4. The van der Waals surface area contributed by atoms with E-state index in [2.05, 4.69) is 15.0 Å². The van der Waals surface area contributed by atoms with Gasteiger partial charge in [0.2, 0.25) is 0 Å². The van der Waals surface area contributed by atoms with E-state index >= 15 is 0 Å². The van der Waals surface area contributed by atoms with Crippen LogP contribution in [0.5, 0.6) is 0 Å². The standard InChI is InChI=1S/C20H17N5O4/c26-19-13-9-17(25(27)28)16(10-15(13)21-11-22-19)24-7-5-12(6-8-24)20-23-14-3-1-2-4-18(14)29-20/h1-4,9-12H,5-8H2,(H,21,22,26). The quantitative estimate of drug-likeness (QED) is 0.420. The number of benzene rings is 2. The highest BCUT2D eigenvalue weighted by molar-refractivity contribution is 5.87. The number of anilines is 1. The number of hydrogen-bond donors (Lipinski definition) is 1. The molecular formula is C20H17N5O4. The zero-order chi connectivity index (χ0) is 20.0. The van der Waals surface area contributed by atoms with Gasteiger partial charge in [-0.3, -0.25) is 14.9 Å². The van der Waals surface area contributed by atoms with Crippen LogP contribution in [0.25, 0.3) is 22.0 Å². The number of nitrogens with zero attached hydrogens (tertiary/aromatic N) is 4. The van der Waals surface area contributed by atoms with Gasteiger partial charge in [-0.1, -0.05) is 12.1 Å². The smallest absolute Gasteiger partial charge is 0.293 e. The lowest BCUT2D eigenvalue weighted by molar-refractivity contribution is -0.384. The monoisotopic (exact) mass is 391 g/mol. The lowest BCUT2D eigenvalue weighted by atomic mass is 9.96. The largest absolute Gasteiger partial charge is 0.440 e. The second-order valence-corrected chi connectivity index (χ2v) is 7.13. The number of H-pyrrole nitrogens is 1. The summed E-state index contributed by atoms with van der Waals surface area (Å²) in [6.07, 6.45) is 2.84. The molecule has 1 fully saturated rings. The fourth-order valence-electron chi connectivity index (χ4n) is 3.92. The van der Waals surface area contributed by atoms with Gasteiger partial charge in [-0.2, -0.15) is 0 Å². The zero-order valence-corrected chi connectivity index (χ0v) is 15.4. The minimum Gasteiger partial charge on any atom is -0.440 e. The van der Waals surface area contributed by atoms with Gasteiger partial charge >= 0.3 is 0 Å². The van der Waals surface area contributed by atoms with Crippen LogP contribution in [0.1, 0.15) is 24.7 Å². The molecule has 0 unspecified atom stereocenters. The van der Waals surface area contributed by atoms with Crippen molar-refractivity contribution >= 4 is 33.4 Å². The minimum atomic E-state index is -0.450. The molecule has 1 aliphatic heterocycles. The van der Waals surface area contributed by atoms with Gasteiger partial charge in [0.05, 0.1) is 22.2 Å². The Kier molecular flexibility index (Phi) is 4.01. The van der Waals surface area contributed by atoms with E-state index in [1.807, 2.05) is 29.2 Å². The third-order valence-corrected chi connectivity index (χ3v) is 5.43. The highest BCUT2D eigenvalue weighted by Gasteiger charge is 2.29. The van der Waals surface area contributed by atoms with Crippen LogP contribution in [0.2, 0.25) is 0 Å². The molecule has 2 aromatic carbocycles. The fourth-order valence-corrected chi connectivity index (χ4v) is 3.92. The molecule has 9 nitrogen and oxygen atoms in total. The van der Waals surface area contributed by atoms with Crippen molar-refractivity contribution in [2.24, 2.45) is 0 Å². The van der Waals surface area contributed by atoms with E-state index < -0.39 is 4.92 Å². The van der Waals surface area contributed by atoms with Crippen molar-refractivity contribution in [1.29, 1.82) is 0 Å². The maximum Gasteiger partial charge on any atom is 0.293 e. The number of nitro groups is 1. The van der Waals surface area contributed by atoms with E-state index in [-0.39, 0.29) is 22.6 Å². The van der Waals surface area contributed by atoms with Crippen molar-refractivity contribution in [1.82, 2.24) is 15.0 Å². The van der Waals surface area contributed by atoms with Gasteiger partial charge < -0.3 is 14.3 Å². The summed E-state index contributed by atoms with van der Waals surface area (Å²) in [5.74, 6) is 0.881. The molecule has 0 radical (unpaired) electrons. The van der Waals surface area contributed by atoms with Crippen molar-refractivity contribution in [3.05, 3.63) is 69.1 Å². The number of nitrogens with one attached hydrogen (secondary N) is 1. The van der Waals surface area contributed by atoms with Crippen LogP contribution in [0.15, 0.2) is 51.9 Å². The van der Waals surface area contributed by atoms with Crippen molar-refractivity contribution in [2.75, 3.05) is 18.0 Å². The van der Waals surface area contributed by atoms with E-state index in [1.54, 1.807) is 6.07 Å². The Labute approximate surface area is 164 Å². The first-order chi connectivity index (χ1) is 14.1. The summed E-state index contributed by atoms with van der Waals surface area (Å²) >= 11 is 0. The third kappa shape index (κ3) is 3.00. The molecule has 9 heteroatoms. The summed E-state index contributed by atoms with van der Waals surface area (Å²) in [5, 5.41) is 11.8. The summed E-state index contributed by atoms with van der Waals surface area (Å²) in [6.45, 7) is 1.25. The van der Waals surface area contributed by atoms with Crippen molar-refractivity contribution in [3.8, 4) is 0 Å². The Hall–Kier alpha value is -3.75. The summed E-state index contributed by atoms with van der Waals surface area (Å²) in [6, 6.07) is 10.6. The SMILES string of the molecule is O=c1[nH]cnc2cc(N3CCC(c4nc5ccccc5o4)CC3)c([N+](=O)[O-])cc12. The van der Waals surface area contributed by atoms with Crippen LogP contribution < -0.4 is 10.5 Å². The molecule has 0 saturated carbocycles. The first-order valence-corrected chi connectivity index (χ1v) is 9.36. The third-order valence-electron chi connectivity index (χ3n) is 5.43. The minimum absolute atomic E-state index is 0.0867. The van der Waals surface area contributed by atoms with Crippen molar-refractivity contribution in [2.45, 2.75) is 18.8 Å². The summed E-state index contributed by atoms with van der Waals surface area (Å²) < 4.78 is 5.90. The van der Waals surface area contributed by atoms with Crippen LogP contribution in [0.3, 0.4) is 0 Å². The number of aromatic amines is 1. The topological polar surface area (TPSA) is 118 Å². The van der Waals surface area contributed by atoms with Gasteiger partial charge in [0.15, 0.2) is 11.5 Å². The van der Waals surface area contributed by atoms with Crippen LogP contribution in [0, 0.1) is 10.1 Å². The highest BCUT2D eigenvalue weighted by atomic mass is 16.6. The highest BCUT2D eigenvalue weighted by Crippen LogP contribution is 2.36. The summed E-state index contributed by atoms with van der Waals surface area (Å²) in [7, 11) is 0. The molecule has 0 spiro atoms. The molecule has 0 aliphatic carbocycles. The lowest BCUT2D eigenvalue weighted by Crippen LogP contribution is -2.33. The van der Waals surface area contributed by atoms with Crippen molar-refractivity contribution < 1.29 is 9.34 Å². The predicted molar refractivity (Wildman–Crippen MR) is 107 cm³/mol. The molecule has 0 atom stereocenters. The second-order valence-electron chi connectivity index (χ2n) is 7.13. The van der Waals surface area contributed by atoms with Gasteiger partial charge in [-0.15, -0.1) is 0 Å². The molecule has 1 saturated heterocycles. The van der Waals surface area contributed by atoms with Crippen LogP contribution >= 0.6 is 0 Å². The van der Waals surface area contributed by atoms with E-state index in [0.29, 0.717) is 30.2 Å². The number of aromatic nitrogens is 3. The van der Waals surface area contributed by atoms with Gasteiger partial charge in [0.1, 0.15) is 11.2 Å². The van der Waals surface area contributed by atoms with Crippen LogP contribution in [-0.4, -0.2) is 33.0 Å². The average molecular weight is 391 g/mol. The number of nitro benzene ring substituents is 1. The van der Waals surface area contributed by atoms with E-state index in [1.165, 1.54) is 12.4 Å². The number of rotatable bonds is 3. The number of para-hydroxylation sites is 2. The molecule has 1 N–H and O–H groups in total. The van der Waals surface area contributed by atoms with Gasteiger partial charge in [0.25, 0.3) is 11.2 Å². The Balaban J connectivity index is 1.44. The summed E-state index contributed by atoms with van der Waals surface area (Å²) in [5.41, 5.74) is 2.06. The van der Waals surface area contributed by atoms with E-state index in [4.69, 9.17) is 4.42 Å². The maximum absolute atomic E-state index is 12.0. The number of fused-ring (bicyclic) bond motifs is 2. The molecule has 4 aromatic rings. The molecule has 146 valence electrons. The molecule has 3 heterocycles. The molecule has 1 aliphatic rings. The molecular weight excluding hydrogens is 374 g/mol. The Morgan fingerprint density at radius 3 is 2.72 bits per heavy atom. The molecule has 2 aromatic heterocycles. The normalized spacial score (nSPS) is 15.2. The Morgan fingerprint density at radius 1 is 1.17 bits per heavy atom. The lowest BCUT2D eigenvalue weighted by Gasteiger charge is -2.32. The number of hydrogen-bond acceptors (Lipinski definition) is 7. The average Bonchev–Trinajstić information content (AvgIpc) is 3.17. The number of piperidine rings is 1. The van der Waals surface area contributed by atoms with E-state index in [0.717, 1.165) is 23.9 Å². The van der Waals surface area contributed by atoms with Crippen LogP contribution in [0.4, 0.5) is 11.4 Å². The predicted octanol–water partition coefficient (Wildman–Crippen LogP) is 3.36. The molecule has 29 heavy (non-hydrogen) atoms. The second kappa shape index (κ2) is 6.69. The molecule has 0 amide bonds. The molecule has 5 rings (SSSR count). The van der Waals surface area contributed by atoms with E-state index in [9.17, 15) is 14.9 Å². The first-order valence-electron chi connectivity index (χ1n) is 9.36. The van der Waals surface area contributed by atoms with Crippen molar-refractivity contribution in [3.63, 3.8) is 0 Å².